The van der Waals surface area contributed by atoms with E-state index >= 15 is 0 Å². The molecule has 1 rings (SSSR count). The van der Waals surface area contributed by atoms with Gasteiger partial charge in [-0.05, 0) is 32.0 Å². The van der Waals surface area contributed by atoms with Crippen LogP contribution in [0, 0.1) is 5.82 Å². The maximum absolute atomic E-state index is 13.7. The maximum atomic E-state index is 13.7. The zero-order valence-electron chi connectivity index (χ0n) is 10.3. The molecule has 0 bridgehead atoms. The fraction of sp³-hybridized carbons (Fsp3) is 0.417. The number of benzene rings is 1. The molecule has 0 aliphatic heterocycles. The largest absolute Gasteiger partial charge is 0.289 e. The number of nitrogens with one attached hydrogen (secondary N) is 1. The van der Waals surface area contributed by atoms with Crippen molar-refractivity contribution in [2.75, 3.05) is 14.1 Å². The van der Waals surface area contributed by atoms with E-state index in [0.717, 1.165) is 4.47 Å². The molecule has 0 fully saturated rings. The van der Waals surface area contributed by atoms with Crippen LogP contribution in [0.5, 0.6) is 0 Å². The number of carbonyl (C=O) groups excluding carboxylic acids is 1. The van der Waals surface area contributed by atoms with Crippen molar-refractivity contribution in [3.63, 3.8) is 0 Å². The first kappa shape index (κ1) is 14.1. The number of hydrogen-bond acceptors (Lipinski definition) is 2. The third kappa shape index (κ3) is 3.26. The molecule has 5 heteroatoms. The smallest absolute Gasteiger partial charge is 0.244 e. The van der Waals surface area contributed by atoms with Crippen LogP contribution in [0.3, 0.4) is 0 Å². The molecule has 0 saturated carbocycles. The number of rotatable bonds is 3. The van der Waals surface area contributed by atoms with Crippen LogP contribution in [-0.4, -0.2) is 25.0 Å². The van der Waals surface area contributed by atoms with Crippen LogP contribution in [0.15, 0.2) is 22.7 Å². The van der Waals surface area contributed by atoms with E-state index in [1.807, 2.05) is 0 Å². The Morgan fingerprint density at radius 3 is 2.53 bits per heavy atom. The minimum atomic E-state index is -0.932. The van der Waals surface area contributed by atoms with Crippen molar-refractivity contribution in [1.82, 2.24) is 10.4 Å². The quantitative estimate of drug-likeness (QED) is 0.870. The summed E-state index contributed by atoms with van der Waals surface area (Å²) in [6.45, 7) is 3.38. The lowest BCUT2D eigenvalue weighted by Gasteiger charge is -2.26. The molecule has 0 aliphatic carbocycles. The maximum Gasteiger partial charge on any atom is 0.244 e. The van der Waals surface area contributed by atoms with Crippen molar-refractivity contribution in [3.8, 4) is 0 Å². The second-order valence-electron chi connectivity index (χ2n) is 4.58. The van der Waals surface area contributed by atoms with Crippen LogP contribution in [-0.2, 0) is 10.2 Å². The summed E-state index contributed by atoms with van der Waals surface area (Å²) < 4.78 is 14.5. The number of nitrogens with zero attached hydrogens (tertiary/aromatic N) is 1. The first-order valence-electron chi connectivity index (χ1n) is 5.19. The molecule has 0 heterocycles. The van der Waals surface area contributed by atoms with Gasteiger partial charge in [-0.25, -0.2) is 9.40 Å². The topological polar surface area (TPSA) is 32.3 Å². The summed E-state index contributed by atoms with van der Waals surface area (Å²) in [5, 5.41) is 1.54. The first-order valence-corrected chi connectivity index (χ1v) is 5.98. The Morgan fingerprint density at radius 1 is 1.41 bits per heavy atom. The van der Waals surface area contributed by atoms with E-state index in [0.29, 0.717) is 5.56 Å². The van der Waals surface area contributed by atoms with Gasteiger partial charge in [0.2, 0.25) is 5.91 Å². The minimum Gasteiger partial charge on any atom is -0.289 e. The highest BCUT2D eigenvalue weighted by molar-refractivity contribution is 9.10. The summed E-state index contributed by atoms with van der Waals surface area (Å²) in [5.41, 5.74) is 2.08. The average molecular weight is 303 g/mol. The van der Waals surface area contributed by atoms with Crippen LogP contribution in [0.2, 0.25) is 0 Å². The number of hydrazine groups is 1. The molecule has 0 aliphatic rings. The SMILES string of the molecule is CN(C)NC(=O)C(C)(C)c1cc(Br)ccc1F. The predicted molar refractivity (Wildman–Crippen MR) is 69.0 cm³/mol. The molecule has 3 nitrogen and oxygen atoms in total. The molecular weight excluding hydrogens is 287 g/mol. The van der Waals surface area contributed by atoms with Gasteiger partial charge in [0.15, 0.2) is 0 Å². The lowest BCUT2D eigenvalue weighted by molar-refractivity contribution is -0.129. The van der Waals surface area contributed by atoms with Crippen LogP contribution >= 0.6 is 15.9 Å². The summed E-state index contributed by atoms with van der Waals surface area (Å²) >= 11 is 3.28. The Morgan fingerprint density at radius 2 is 2.00 bits per heavy atom. The van der Waals surface area contributed by atoms with Gasteiger partial charge in [-0.15, -0.1) is 0 Å². The van der Waals surface area contributed by atoms with Crippen molar-refractivity contribution in [2.45, 2.75) is 19.3 Å². The normalized spacial score (nSPS) is 11.7. The van der Waals surface area contributed by atoms with Crippen molar-refractivity contribution >= 4 is 21.8 Å². The standard InChI is InChI=1S/C12H16BrFN2O/c1-12(2,11(17)15-16(3)4)9-7-8(13)5-6-10(9)14/h5-7H,1-4H3,(H,15,17). The fourth-order valence-corrected chi connectivity index (χ4v) is 1.80. The van der Waals surface area contributed by atoms with Crippen LogP contribution < -0.4 is 5.43 Å². The molecule has 1 aromatic carbocycles. The van der Waals surface area contributed by atoms with Crippen LogP contribution in [0.25, 0.3) is 0 Å². The molecular formula is C12H16BrFN2O. The van der Waals surface area contributed by atoms with Gasteiger partial charge >= 0.3 is 0 Å². The lowest BCUT2D eigenvalue weighted by atomic mass is 9.83. The first-order chi connectivity index (χ1) is 7.75. The molecule has 1 N–H and O–H groups in total. The van der Waals surface area contributed by atoms with E-state index in [1.54, 1.807) is 45.1 Å². The minimum absolute atomic E-state index is 0.250. The van der Waals surface area contributed by atoms with Crippen molar-refractivity contribution in [1.29, 1.82) is 0 Å². The van der Waals surface area contributed by atoms with Gasteiger partial charge < -0.3 is 0 Å². The van der Waals surface area contributed by atoms with E-state index in [2.05, 4.69) is 21.4 Å². The van der Waals surface area contributed by atoms with Gasteiger partial charge in [0.25, 0.3) is 0 Å². The summed E-state index contributed by atoms with van der Waals surface area (Å²) in [6.07, 6.45) is 0. The second-order valence-corrected chi connectivity index (χ2v) is 5.50. The third-order valence-electron chi connectivity index (χ3n) is 2.49. The fourth-order valence-electron chi connectivity index (χ4n) is 1.44. The van der Waals surface area contributed by atoms with Crippen molar-refractivity contribution in [2.24, 2.45) is 0 Å². The molecule has 0 aromatic heterocycles. The molecule has 0 unspecified atom stereocenters. The average Bonchev–Trinajstić information content (AvgIpc) is 2.20. The highest BCUT2D eigenvalue weighted by atomic mass is 79.9. The van der Waals surface area contributed by atoms with E-state index < -0.39 is 5.41 Å². The van der Waals surface area contributed by atoms with E-state index in [1.165, 1.54) is 6.07 Å². The van der Waals surface area contributed by atoms with E-state index in [4.69, 9.17) is 0 Å². The van der Waals surface area contributed by atoms with E-state index in [9.17, 15) is 9.18 Å². The van der Waals surface area contributed by atoms with Gasteiger partial charge in [0.05, 0.1) is 5.41 Å². The molecule has 0 atom stereocenters. The predicted octanol–water partition coefficient (Wildman–Crippen LogP) is 2.46. The van der Waals surface area contributed by atoms with Gasteiger partial charge in [0.1, 0.15) is 5.82 Å². The van der Waals surface area contributed by atoms with Gasteiger partial charge in [-0.1, -0.05) is 15.9 Å². The number of carbonyl (C=O) groups is 1. The van der Waals surface area contributed by atoms with Crippen LogP contribution in [0.1, 0.15) is 19.4 Å². The highest BCUT2D eigenvalue weighted by Crippen LogP contribution is 2.28. The van der Waals surface area contributed by atoms with Gasteiger partial charge in [-0.2, -0.15) is 0 Å². The molecule has 1 aromatic rings. The molecule has 0 saturated heterocycles. The van der Waals surface area contributed by atoms with Crippen LogP contribution in [0.4, 0.5) is 4.39 Å². The molecule has 94 valence electrons. The Bertz CT molecular complexity index is 433. The Balaban J connectivity index is 3.11. The summed E-state index contributed by atoms with van der Waals surface area (Å²) in [4.78, 5) is 12.0. The molecule has 0 spiro atoms. The number of amides is 1. The summed E-state index contributed by atoms with van der Waals surface area (Å²) in [7, 11) is 3.43. The Kier molecular flexibility index (Phi) is 4.27. The lowest BCUT2D eigenvalue weighted by Crippen LogP contribution is -2.46. The number of hydrogen-bond donors (Lipinski definition) is 1. The summed E-state index contributed by atoms with van der Waals surface area (Å²) in [5.74, 6) is -0.633. The Labute approximate surface area is 109 Å². The monoisotopic (exact) mass is 302 g/mol. The Hall–Kier alpha value is -0.940. The molecule has 17 heavy (non-hydrogen) atoms. The second kappa shape index (κ2) is 5.14. The summed E-state index contributed by atoms with van der Waals surface area (Å²) in [6, 6.07) is 4.59. The van der Waals surface area contributed by atoms with Crippen molar-refractivity contribution < 1.29 is 9.18 Å². The number of halogens is 2. The van der Waals surface area contributed by atoms with E-state index in [-0.39, 0.29) is 11.7 Å². The van der Waals surface area contributed by atoms with Gasteiger partial charge in [-0.3, -0.25) is 10.2 Å². The zero-order valence-corrected chi connectivity index (χ0v) is 11.9. The molecule has 0 radical (unpaired) electrons. The zero-order chi connectivity index (χ0) is 13.2. The molecule has 1 amide bonds. The van der Waals surface area contributed by atoms with Crippen molar-refractivity contribution in [3.05, 3.63) is 34.1 Å². The highest BCUT2D eigenvalue weighted by Gasteiger charge is 2.32. The third-order valence-corrected chi connectivity index (χ3v) is 2.99. The van der Waals surface area contributed by atoms with Gasteiger partial charge in [0, 0.05) is 24.1 Å².